The van der Waals surface area contributed by atoms with E-state index < -0.39 is 0 Å². The number of hydrogen-bond donors (Lipinski definition) is 2. The summed E-state index contributed by atoms with van der Waals surface area (Å²) >= 11 is 5.93. The molecule has 0 aromatic heterocycles. The van der Waals surface area contributed by atoms with E-state index in [-0.39, 0.29) is 24.5 Å². The van der Waals surface area contributed by atoms with Crippen LogP contribution < -0.4 is 10.1 Å². The van der Waals surface area contributed by atoms with Gasteiger partial charge in [-0.2, -0.15) is 0 Å². The molecule has 1 aromatic rings. The van der Waals surface area contributed by atoms with Gasteiger partial charge in [0.05, 0.1) is 11.6 Å². The van der Waals surface area contributed by atoms with Gasteiger partial charge in [-0.05, 0) is 25.0 Å². The molecular formula is C15H22ClNO3. The molecule has 0 saturated carbocycles. The van der Waals surface area contributed by atoms with E-state index in [0.717, 1.165) is 12.8 Å². The summed E-state index contributed by atoms with van der Waals surface area (Å²) in [6, 6.07) is 7.02. The van der Waals surface area contributed by atoms with Gasteiger partial charge in [-0.1, -0.05) is 37.6 Å². The molecule has 1 aromatic carbocycles. The van der Waals surface area contributed by atoms with Crippen molar-refractivity contribution in [1.82, 2.24) is 5.32 Å². The zero-order valence-electron chi connectivity index (χ0n) is 12.0. The summed E-state index contributed by atoms with van der Waals surface area (Å²) in [5.41, 5.74) is -0.250. The number of amides is 1. The number of aliphatic hydroxyl groups excluding tert-OH is 1. The number of carbonyl (C=O) groups is 1. The number of carbonyl (C=O) groups excluding carboxylic acids is 1. The second-order valence-electron chi connectivity index (χ2n) is 4.86. The van der Waals surface area contributed by atoms with Gasteiger partial charge in [0.1, 0.15) is 5.75 Å². The molecule has 0 saturated heterocycles. The lowest BCUT2D eigenvalue weighted by Crippen LogP contribution is -2.41. The van der Waals surface area contributed by atoms with Crippen LogP contribution in [0, 0.1) is 5.41 Å². The van der Waals surface area contributed by atoms with Gasteiger partial charge >= 0.3 is 0 Å². The Morgan fingerprint density at radius 1 is 1.35 bits per heavy atom. The zero-order valence-corrected chi connectivity index (χ0v) is 12.7. The van der Waals surface area contributed by atoms with Crippen molar-refractivity contribution in [2.75, 3.05) is 19.8 Å². The Bertz CT molecular complexity index is 425. The number of nitrogens with one attached hydrogen (secondary N) is 1. The summed E-state index contributed by atoms with van der Waals surface area (Å²) in [7, 11) is 0. The smallest absolute Gasteiger partial charge is 0.257 e. The molecular weight excluding hydrogens is 278 g/mol. The number of benzene rings is 1. The number of hydrogen-bond acceptors (Lipinski definition) is 3. The van der Waals surface area contributed by atoms with Crippen LogP contribution in [0.25, 0.3) is 0 Å². The van der Waals surface area contributed by atoms with Crippen LogP contribution in [0.4, 0.5) is 0 Å². The molecule has 1 amide bonds. The van der Waals surface area contributed by atoms with Gasteiger partial charge in [0, 0.05) is 12.0 Å². The topological polar surface area (TPSA) is 58.6 Å². The Hall–Kier alpha value is -1.26. The molecule has 4 nitrogen and oxygen atoms in total. The highest BCUT2D eigenvalue weighted by molar-refractivity contribution is 6.32. The fourth-order valence-corrected chi connectivity index (χ4v) is 2.01. The van der Waals surface area contributed by atoms with Crippen molar-refractivity contribution in [3.05, 3.63) is 29.3 Å². The van der Waals surface area contributed by atoms with Gasteiger partial charge in [-0.25, -0.2) is 0 Å². The second-order valence-corrected chi connectivity index (χ2v) is 5.27. The average molecular weight is 300 g/mol. The Morgan fingerprint density at radius 2 is 2.00 bits per heavy atom. The standard InChI is InChI=1S/C15H22ClNO3/c1-3-15(4-2,11-18)10-17-14(19)9-20-13-8-6-5-7-12(13)16/h5-8,18H,3-4,9-11H2,1-2H3,(H,17,19). The van der Waals surface area contributed by atoms with Crippen LogP contribution >= 0.6 is 11.6 Å². The molecule has 0 bridgehead atoms. The van der Waals surface area contributed by atoms with E-state index in [4.69, 9.17) is 16.3 Å². The minimum atomic E-state index is -0.250. The quantitative estimate of drug-likeness (QED) is 0.776. The van der Waals surface area contributed by atoms with Crippen molar-refractivity contribution in [1.29, 1.82) is 0 Å². The molecule has 0 aliphatic heterocycles. The van der Waals surface area contributed by atoms with Crippen LogP contribution in [0.5, 0.6) is 5.75 Å². The molecule has 5 heteroatoms. The van der Waals surface area contributed by atoms with E-state index in [1.807, 2.05) is 13.8 Å². The second kappa shape index (κ2) is 8.12. The maximum atomic E-state index is 11.8. The summed E-state index contributed by atoms with van der Waals surface area (Å²) in [5.74, 6) is 0.272. The van der Waals surface area contributed by atoms with Gasteiger partial charge in [-0.15, -0.1) is 0 Å². The van der Waals surface area contributed by atoms with Crippen LogP contribution in [0.2, 0.25) is 5.02 Å². The van der Waals surface area contributed by atoms with Crippen molar-refractivity contribution in [2.24, 2.45) is 5.41 Å². The van der Waals surface area contributed by atoms with E-state index in [1.54, 1.807) is 24.3 Å². The van der Waals surface area contributed by atoms with E-state index in [9.17, 15) is 9.90 Å². The highest BCUT2D eigenvalue weighted by atomic mass is 35.5. The molecule has 0 radical (unpaired) electrons. The molecule has 0 spiro atoms. The Morgan fingerprint density at radius 3 is 2.55 bits per heavy atom. The normalized spacial score (nSPS) is 11.2. The first-order valence-corrected chi connectivity index (χ1v) is 7.19. The van der Waals surface area contributed by atoms with Crippen molar-refractivity contribution < 1.29 is 14.6 Å². The largest absolute Gasteiger partial charge is 0.482 e. The predicted molar refractivity (Wildman–Crippen MR) is 80.1 cm³/mol. The van der Waals surface area contributed by atoms with Gasteiger partial charge < -0.3 is 15.2 Å². The lowest BCUT2D eigenvalue weighted by molar-refractivity contribution is -0.123. The highest BCUT2D eigenvalue weighted by Gasteiger charge is 2.25. The monoisotopic (exact) mass is 299 g/mol. The maximum absolute atomic E-state index is 11.8. The van der Waals surface area contributed by atoms with E-state index in [2.05, 4.69) is 5.32 Å². The maximum Gasteiger partial charge on any atom is 0.257 e. The molecule has 1 rings (SSSR count). The van der Waals surface area contributed by atoms with Crippen LogP contribution in [0.15, 0.2) is 24.3 Å². The van der Waals surface area contributed by atoms with Crippen LogP contribution in [-0.4, -0.2) is 30.8 Å². The van der Waals surface area contributed by atoms with Crippen molar-refractivity contribution in [3.8, 4) is 5.75 Å². The summed E-state index contributed by atoms with van der Waals surface area (Å²) in [4.78, 5) is 11.8. The Balaban J connectivity index is 2.43. The predicted octanol–water partition coefficient (Wildman–Crippen LogP) is 2.63. The first-order chi connectivity index (χ1) is 9.56. The fourth-order valence-electron chi connectivity index (χ4n) is 1.82. The van der Waals surface area contributed by atoms with Crippen molar-refractivity contribution >= 4 is 17.5 Å². The molecule has 2 N–H and O–H groups in total. The van der Waals surface area contributed by atoms with E-state index in [0.29, 0.717) is 17.3 Å². The molecule has 20 heavy (non-hydrogen) atoms. The molecule has 0 aliphatic carbocycles. The highest BCUT2D eigenvalue weighted by Crippen LogP contribution is 2.24. The van der Waals surface area contributed by atoms with Crippen LogP contribution in [0.3, 0.4) is 0 Å². The van der Waals surface area contributed by atoms with E-state index in [1.165, 1.54) is 0 Å². The van der Waals surface area contributed by atoms with Gasteiger partial charge in [0.25, 0.3) is 5.91 Å². The fraction of sp³-hybridized carbons (Fsp3) is 0.533. The average Bonchev–Trinajstić information content (AvgIpc) is 2.48. The number of aliphatic hydroxyl groups is 1. The molecule has 0 unspecified atom stereocenters. The zero-order chi connectivity index (χ0) is 15.0. The van der Waals surface area contributed by atoms with Gasteiger partial charge in [0.2, 0.25) is 0 Å². The number of para-hydroxylation sites is 1. The number of rotatable bonds is 8. The number of halogens is 1. The SMILES string of the molecule is CCC(CC)(CO)CNC(=O)COc1ccccc1Cl. The summed E-state index contributed by atoms with van der Waals surface area (Å²) < 4.78 is 5.36. The van der Waals surface area contributed by atoms with Crippen LogP contribution in [-0.2, 0) is 4.79 Å². The molecule has 0 heterocycles. The van der Waals surface area contributed by atoms with E-state index >= 15 is 0 Å². The lowest BCUT2D eigenvalue weighted by atomic mass is 9.83. The summed E-state index contributed by atoms with van der Waals surface area (Å²) in [6.07, 6.45) is 1.62. The third-order valence-electron chi connectivity index (χ3n) is 3.69. The first kappa shape index (κ1) is 16.8. The summed E-state index contributed by atoms with van der Waals surface area (Å²) in [5, 5.41) is 12.7. The minimum Gasteiger partial charge on any atom is -0.482 e. The molecule has 0 fully saturated rings. The minimum absolute atomic E-state index is 0.0612. The van der Waals surface area contributed by atoms with Gasteiger partial charge in [0.15, 0.2) is 6.61 Å². The van der Waals surface area contributed by atoms with Crippen molar-refractivity contribution in [2.45, 2.75) is 26.7 Å². The number of ether oxygens (including phenoxy) is 1. The van der Waals surface area contributed by atoms with Crippen LogP contribution in [0.1, 0.15) is 26.7 Å². The first-order valence-electron chi connectivity index (χ1n) is 6.82. The van der Waals surface area contributed by atoms with Crippen molar-refractivity contribution in [3.63, 3.8) is 0 Å². The molecule has 0 atom stereocenters. The third-order valence-corrected chi connectivity index (χ3v) is 4.00. The Labute approximate surface area is 125 Å². The molecule has 0 aliphatic rings. The summed E-state index contributed by atoms with van der Waals surface area (Å²) in [6.45, 7) is 4.43. The third kappa shape index (κ3) is 4.69. The Kier molecular flexibility index (Phi) is 6.82. The molecule has 112 valence electrons. The van der Waals surface area contributed by atoms with Gasteiger partial charge in [-0.3, -0.25) is 4.79 Å². The lowest BCUT2D eigenvalue weighted by Gasteiger charge is -2.29.